The number of nitrogens with one attached hydrogen (secondary N) is 1. The van der Waals surface area contributed by atoms with Crippen molar-refractivity contribution in [1.29, 1.82) is 0 Å². The van der Waals surface area contributed by atoms with Crippen LogP contribution in [0.25, 0.3) is 0 Å². The molecule has 6 heteroatoms. The van der Waals surface area contributed by atoms with Gasteiger partial charge in [-0.3, -0.25) is 0 Å². The predicted octanol–water partition coefficient (Wildman–Crippen LogP) is 2.65. The van der Waals surface area contributed by atoms with Crippen molar-refractivity contribution in [1.82, 2.24) is 9.97 Å². The molecule has 0 amide bonds. The van der Waals surface area contributed by atoms with Crippen LogP contribution in [0.4, 0.5) is 5.82 Å². The lowest BCUT2D eigenvalue weighted by molar-refractivity contribution is 0.855. The van der Waals surface area contributed by atoms with Crippen molar-refractivity contribution in [2.45, 2.75) is 19.9 Å². The van der Waals surface area contributed by atoms with Crippen molar-refractivity contribution in [3.05, 3.63) is 40.0 Å². The maximum absolute atomic E-state index is 5.59. The fourth-order valence-corrected chi connectivity index (χ4v) is 2.45. The molecule has 2 rings (SSSR count). The van der Waals surface area contributed by atoms with Gasteiger partial charge < -0.3 is 11.1 Å². The number of aromatic nitrogens is 2. The lowest BCUT2D eigenvalue weighted by Crippen LogP contribution is -2.12. The van der Waals surface area contributed by atoms with E-state index in [1.165, 1.54) is 0 Å². The molecule has 0 aliphatic rings. The second kappa shape index (κ2) is 5.41. The molecule has 4 nitrogen and oxygen atoms in total. The van der Waals surface area contributed by atoms with Crippen LogP contribution in [0.1, 0.15) is 29.2 Å². The van der Waals surface area contributed by atoms with Crippen LogP contribution in [-0.2, 0) is 0 Å². The molecular formula is C12H14N4S2. The van der Waals surface area contributed by atoms with Gasteiger partial charge in [-0.15, -0.1) is 11.3 Å². The monoisotopic (exact) mass is 278 g/mol. The number of nitrogens with zero attached hydrogens (tertiary/aromatic N) is 2. The molecule has 18 heavy (non-hydrogen) atoms. The number of thiocarbonyl (C=S) groups is 1. The Morgan fingerprint density at radius 1 is 1.56 bits per heavy atom. The van der Waals surface area contributed by atoms with Crippen molar-refractivity contribution < 1.29 is 0 Å². The zero-order valence-corrected chi connectivity index (χ0v) is 11.8. The SMILES string of the molecule is Cc1csc(C(C)Nc2cc(C(N)=S)ccn2)n1. The fourth-order valence-electron chi connectivity index (χ4n) is 1.52. The molecule has 0 saturated heterocycles. The molecule has 0 fully saturated rings. The highest BCUT2D eigenvalue weighted by Gasteiger charge is 2.10. The van der Waals surface area contributed by atoms with Crippen molar-refractivity contribution >= 4 is 34.4 Å². The van der Waals surface area contributed by atoms with E-state index < -0.39 is 0 Å². The number of hydrogen-bond donors (Lipinski definition) is 2. The van der Waals surface area contributed by atoms with E-state index >= 15 is 0 Å². The summed E-state index contributed by atoms with van der Waals surface area (Å²) < 4.78 is 0. The van der Waals surface area contributed by atoms with Crippen LogP contribution in [0, 0.1) is 6.92 Å². The van der Waals surface area contributed by atoms with Crippen molar-refractivity contribution in [3.63, 3.8) is 0 Å². The third-order valence-corrected chi connectivity index (χ3v) is 3.80. The van der Waals surface area contributed by atoms with Crippen LogP contribution in [0.15, 0.2) is 23.7 Å². The van der Waals surface area contributed by atoms with Crippen LogP contribution in [-0.4, -0.2) is 15.0 Å². The van der Waals surface area contributed by atoms with Gasteiger partial charge in [-0.05, 0) is 26.0 Å². The Morgan fingerprint density at radius 2 is 2.33 bits per heavy atom. The first kappa shape index (κ1) is 12.9. The van der Waals surface area contributed by atoms with E-state index in [4.69, 9.17) is 18.0 Å². The Bertz CT molecular complexity index is 565. The molecule has 2 aromatic heterocycles. The molecule has 0 aliphatic heterocycles. The van der Waals surface area contributed by atoms with Gasteiger partial charge in [0.2, 0.25) is 0 Å². The van der Waals surface area contributed by atoms with Gasteiger partial charge in [-0.1, -0.05) is 12.2 Å². The van der Waals surface area contributed by atoms with E-state index in [2.05, 4.69) is 15.3 Å². The fraction of sp³-hybridized carbons (Fsp3) is 0.250. The predicted molar refractivity (Wildman–Crippen MR) is 79.0 cm³/mol. The maximum Gasteiger partial charge on any atom is 0.127 e. The van der Waals surface area contributed by atoms with Gasteiger partial charge in [0.25, 0.3) is 0 Å². The minimum Gasteiger partial charge on any atom is -0.389 e. The Balaban J connectivity index is 2.14. The molecule has 0 aliphatic carbocycles. The molecule has 1 unspecified atom stereocenters. The zero-order valence-electron chi connectivity index (χ0n) is 10.2. The number of nitrogens with two attached hydrogens (primary N) is 1. The average Bonchev–Trinajstić information content (AvgIpc) is 2.76. The standard InChI is InChI=1S/C12H14N4S2/c1-7-6-18-12(15-7)8(2)16-10-5-9(11(13)17)3-4-14-10/h3-6,8H,1-2H3,(H2,13,17)(H,14,16). The Hall–Kier alpha value is -1.53. The molecular weight excluding hydrogens is 264 g/mol. The molecule has 0 bridgehead atoms. The quantitative estimate of drug-likeness (QED) is 0.842. The molecule has 0 saturated carbocycles. The molecule has 0 spiro atoms. The smallest absolute Gasteiger partial charge is 0.127 e. The Labute approximate surface area is 115 Å². The van der Waals surface area contributed by atoms with Gasteiger partial charge in [0.1, 0.15) is 15.8 Å². The maximum atomic E-state index is 5.59. The minimum absolute atomic E-state index is 0.109. The van der Waals surface area contributed by atoms with Crippen molar-refractivity contribution in [2.75, 3.05) is 5.32 Å². The van der Waals surface area contributed by atoms with Gasteiger partial charge in [-0.25, -0.2) is 9.97 Å². The first-order valence-corrected chi connectivity index (χ1v) is 6.79. The average molecular weight is 278 g/mol. The number of hydrogen-bond acceptors (Lipinski definition) is 5. The number of thiazole rings is 1. The molecule has 1 atom stereocenters. The van der Waals surface area contributed by atoms with Gasteiger partial charge in [0.05, 0.1) is 6.04 Å². The first-order valence-electron chi connectivity index (χ1n) is 5.50. The van der Waals surface area contributed by atoms with Crippen LogP contribution >= 0.6 is 23.6 Å². The molecule has 94 valence electrons. The summed E-state index contributed by atoms with van der Waals surface area (Å²) in [5.41, 5.74) is 7.44. The van der Waals surface area contributed by atoms with Gasteiger partial charge in [0, 0.05) is 22.8 Å². The second-order valence-corrected chi connectivity index (χ2v) is 5.32. The highest BCUT2D eigenvalue weighted by Crippen LogP contribution is 2.21. The zero-order chi connectivity index (χ0) is 13.1. The summed E-state index contributed by atoms with van der Waals surface area (Å²) in [7, 11) is 0. The highest BCUT2D eigenvalue weighted by atomic mass is 32.1. The lowest BCUT2D eigenvalue weighted by Gasteiger charge is -2.12. The van der Waals surface area contributed by atoms with Crippen molar-refractivity contribution in [3.8, 4) is 0 Å². The summed E-state index contributed by atoms with van der Waals surface area (Å²) in [6, 6.07) is 3.75. The van der Waals surface area contributed by atoms with E-state index in [1.54, 1.807) is 23.6 Å². The van der Waals surface area contributed by atoms with E-state index in [0.29, 0.717) is 4.99 Å². The number of pyridine rings is 1. The Morgan fingerprint density at radius 3 is 2.94 bits per heavy atom. The van der Waals surface area contributed by atoms with Gasteiger partial charge >= 0.3 is 0 Å². The van der Waals surface area contributed by atoms with Crippen LogP contribution in [0.2, 0.25) is 0 Å². The molecule has 0 aromatic carbocycles. The molecule has 2 aromatic rings. The summed E-state index contributed by atoms with van der Waals surface area (Å²) in [6.45, 7) is 4.03. The third kappa shape index (κ3) is 3.02. The third-order valence-electron chi connectivity index (χ3n) is 2.42. The van der Waals surface area contributed by atoms with Crippen LogP contribution in [0.5, 0.6) is 0 Å². The lowest BCUT2D eigenvalue weighted by atomic mass is 10.2. The van der Waals surface area contributed by atoms with Crippen LogP contribution < -0.4 is 11.1 Å². The van der Waals surface area contributed by atoms with Crippen LogP contribution in [0.3, 0.4) is 0 Å². The molecule has 2 heterocycles. The summed E-state index contributed by atoms with van der Waals surface area (Å²) in [4.78, 5) is 9.06. The topological polar surface area (TPSA) is 63.8 Å². The van der Waals surface area contributed by atoms with E-state index in [9.17, 15) is 0 Å². The first-order chi connectivity index (χ1) is 8.56. The number of rotatable bonds is 4. The van der Waals surface area contributed by atoms with Gasteiger partial charge in [-0.2, -0.15) is 0 Å². The van der Waals surface area contributed by atoms with E-state index in [-0.39, 0.29) is 6.04 Å². The number of aryl methyl sites for hydroxylation is 1. The second-order valence-electron chi connectivity index (χ2n) is 3.99. The van der Waals surface area contributed by atoms with E-state index in [0.717, 1.165) is 22.1 Å². The normalized spacial score (nSPS) is 12.1. The van der Waals surface area contributed by atoms with Crippen molar-refractivity contribution in [2.24, 2.45) is 5.73 Å². The largest absolute Gasteiger partial charge is 0.389 e. The van der Waals surface area contributed by atoms with Gasteiger partial charge in [0.15, 0.2) is 0 Å². The minimum atomic E-state index is 0.109. The highest BCUT2D eigenvalue weighted by molar-refractivity contribution is 7.80. The molecule has 0 radical (unpaired) electrons. The summed E-state index contributed by atoms with van der Waals surface area (Å²) in [5, 5.41) is 6.36. The number of anilines is 1. The Kier molecular flexibility index (Phi) is 3.88. The molecule has 3 N–H and O–H groups in total. The summed E-state index contributed by atoms with van der Waals surface area (Å²) in [6.07, 6.45) is 1.69. The van der Waals surface area contributed by atoms with E-state index in [1.807, 2.05) is 25.3 Å². The summed E-state index contributed by atoms with van der Waals surface area (Å²) >= 11 is 6.58. The summed E-state index contributed by atoms with van der Waals surface area (Å²) in [5.74, 6) is 0.751.